The van der Waals surface area contributed by atoms with Gasteiger partial charge in [-0.05, 0) is 38.5 Å². The molecule has 0 saturated heterocycles. The number of carbonyl (C=O) groups excluding carboxylic acids is 3. The maximum absolute atomic E-state index is 12.5. The Labute approximate surface area is 113 Å². The van der Waals surface area contributed by atoms with Crippen LogP contribution in [0.3, 0.4) is 0 Å². The van der Waals surface area contributed by atoms with Crippen LogP contribution >= 0.6 is 0 Å². The number of Topliss-reactive ketones (excluding diaryl/α,β-unsaturated/α-hetero) is 1. The molecule has 0 aromatic carbocycles. The predicted octanol–water partition coefficient (Wildman–Crippen LogP) is 2.07. The number of esters is 1. The number of hydrogen-bond acceptors (Lipinski definition) is 4. The van der Waals surface area contributed by atoms with Gasteiger partial charge in [0.05, 0.1) is 6.61 Å². The molecular weight excluding hydrogens is 244 g/mol. The maximum Gasteiger partial charge on any atom is 0.324 e. The maximum atomic E-state index is 12.5. The first-order valence-electron chi connectivity index (χ1n) is 6.93. The minimum atomic E-state index is -1.25. The van der Waals surface area contributed by atoms with Crippen molar-refractivity contribution >= 4 is 18.0 Å². The van der Waals surface area contributed by atoms with Gasteiger partial charge in [-0.15, -0.1) is 0 Å². The fraction of sp³-hybridized carbons (Fsp3) is 0.667. The molecule has 0 unspecified atom stereocenters. The number of rotatable bonds is 3. The second-order valence-corrected chi connectivity index (χ2v) is 5.39. The predicted molar refractivity (Wildman–Crippen MR) is 69.3 cm³/mol. The molecule has 2 aliphatic carbocycles. The zero-order chi connectivity index (χ0) is 14.0. The summed E-state index contributed by atoms with van der Waals surface area (Å²) >= 11 is 0. The molecule has 0 spiro atoms. The second-order valence-electron chi connectivity index (χ2n) is 5.39. The van der Waals surface area contributed by atoms with Crippen molar-refractivity contribution in [3.63, 3.8) is 0 Å². The molecule has 4 nitrogen and oxygen atoms in total. The first-order chi connectivity index (χ1) is 9.08. The first-order valence-corrected chi connectivity index (χ1v) is 6.93. The van der Waals surface area contributed by atoms with Crippen LogP contribution in [0.4, 0.5) is 0 Å². The van der Waals surface area contributed by atoms with Crippen molar-refractivity contribution in [3.05, 3.63) is 12.2 Å². The topological polar surface area (TPSA) is 60.4 Å². The summed E-state index contributed by atoms with van der Waals surface area (Å²) in [6.45, 7) is 5.89. The molecule has 2 fully saturated rings. The lowest BCUT2D eigenvalue weighted by Gasteiger charge is -2.33. The summed E-state index contributed by atoms with van der Waals surface area (Å²) in [7, 11) is 0. The lowest BCUT2D eigenvalue weighted by atomic mass is 9.68. The summed E-state index contributed by atoms with van der Waals surface area (Å²) in [5.74, 6) is -1.11. The summed E-state index contributed by atoms with van der Waals surface area (Å²) in [5, 5.41) is 0. The molecule has 0 N–H and O–H groups in total. The number of fused-ring (bicyclic) bond motifs is 1. The zero-order valence-electron chi connectivity index (χ0n) is 11.3. The summed E-state index contributed by atoms with van der Waals surface area (Å²) in [6.07, 6.45) is 3.86. The molecular formula is C15H20O4. The van der Waals surface area contributed by atoms with Gasteiger partial charge in [-0.3, -0.25) is 9.59 Å². The van der Waals surface area contributed by atoms with Crippen molar-refractivity contribution in [3.8, 4) is 0 Å². The highest BCUT2D eigenvalue weighted by molar-refractivity contribution is 6.08. The standard InChI is InChI=1S/C15H20O4/c1-3-19-14(18)15-10(2)7-8-12(15)11(9-16)5-4-6-13(15)17/h9,11-12H,2-8H2,1H3/t11-,12+,15-/m1/s1. The Morgan fingerprint density at radius 2 is 2.21 bits per heavy atom. The molecule has 4 heteroatoms. The number of hydrogen-bond donors (Lipinski definition) is 0. The molecule has 0 amide bonds. The van der Waals surface area contributed by atoms with Crippen molar-refractivity contribution in [2.45, 2.75) is 39.0 Å². The molecule has 2 aliphatic rings. The smallest absolute Gasteiger partial charge is 0.324 e. The molecule has 2 saturated carbocycles. The molecule has 19 heavy (non-hydrogen) atoms. The third kappa shape index (κ3) is 1.94. The average Bonchev–Trinajstić information content (AvgIpc) is 2.65. The summed E-state index contributed by atoms with van der Waals surface area (Å²) in [6, 6.07) is 0. The van der Waals surface area contributed by atoms with Crippen LogP contribution in [0.25, 0.3) is 0 Å². The van der Waals surface area contributed by atoms with Crippen LogP contribution < -0.4 is 0 Å². The average molecular weight is 264 g/mol. The van der Waals surface area contributed by atoms with Gasteiger partial charge in [0.25, 0.3) is 0 Å². The molecule has 0 aromatic heterocycles. The molecule has 104 valence electrons. The number of carbonyl (C=O) groups is 3. The Hall–Kier alpha value is -1.45. The lowest BCUT2D eigenvalue weighted by Crippen LogP contribution is -2.46. The van der Waals surface area contributed by atoms with Gasteiger partial charge in [0.1, 0.15) is 6.29 Å². The molecule has 2 rings (SSSR count). The molecule has 0 bridgehead atoms. The van der Waals surface area contributed by atoms with Crippen LogP contribution in [-0.4, -0.2) is 24.6 Å². The summed E-state index contributed by atoms with van der Waals surface area (Å²) < 4.78 is 5.14. The molecule has 0 heterocycles. The Morgan fingerprint density at radius 3 is 2.84 bits per heavy atom. The summed E-state index contributed by atoms with van der Waals surface area (Å²) in [5.41, 5.74) is -0.618. The van der Waals surface area contributed by atoms with Gasteiger partial charge in [0.2, 0.25) is 0 Å². The van der Waals surface area contributed by atoms with E-state index < -0.39 is 11.4 Å². The first kappa shape index (κ1) is 14.0. The third-order valence-electron chi connectivity index (χ3n) is 4.54. The largest absolute Gasteiger partial charge is 0.465 e. The molecule has 3 atom stereocenters. The van der Waals surface area contributed by atoms with E-state index in [4.69, 9.17) is 4.74 Å². The van der Waals surface area contributed by atoms with Gasteiger partial charge in [-0.25, -0.2) is 0 Å². The molecule has 0 aliphatic heterocycles. The Kier molecular flexibility index (Phi) is 3.88. The number of ketones is 1. The summed E-state index contributed by atoms with van der Waals surface area (Å²) in [4.78, 5) is 36.2. The van der Waals surface area contributed by atoms with Gasteiger partial charge < -0.3 is 9.53 Å². The highest BCUT2D eigenvalue weighted by Gasteiger charge is 2.60. The van der Waals surface area contributed by atoms with Crippen molar-refractivity contribution < 1.29 is 19.1 Å². The number of ether oxygens (including phenoxy) is 1. The van der Waals surface area contributed by atoms with Crippen LogP contribution in [0.1, 0.15) is 39.0 Å². The van der Waals surface area contributed by atoms with Crippen molar-refractivity contribution in [2.75, 3.05) is 6.61 Å². The Morgan fingerprint density at radius 1 is 1.47 bits per heavy atom. The molecule has 0 aromatic rings. The van der Waals surface area contributed by atoms with E-state index in [1.807, 2.05) is 0 Å². The van der Waals surface area contributed by atoms with E-state index in [0.717, 1.165) is 6.29 Å². The van der Waals surface area contributed by atoms with Crippen LogP contribution in [0, 0.1) is 17.3 Å². The van der Waals surface area contributed by atoms with E-state index in [2.05, 4.69) is 6.58 Å². The van der Waals surface area contributed by atoms with Crippen LogP contribution in [-0.2, 0) is 19.1 Å². The lowest BCUT2D eigenvalue weighted by molar-refractivity contribution is -0.160. The highest BCUT2D eigenvalue weighted by Crippen LogP contribution is 2.54. The quantitative estimate of drug-likeness (QED) is 0.339. The SMILES string of the molecule is C=C1CC[C@H]2[C@@H](C=O)CCCC(=O)[C@@]12C(=O)OCC. The zero-order valence-corrected chi connectivity index (χ0v) is 11.3. The van der Waals surface area contributed by atoms with Gasteiger partial charge in [0, 0.05) is 12.3 Å². The normalized spacial score (nSPS) is 34.6. The number of aldehydes is 1. The van der Waals surface area contributed by atoms with E-state index in [1.165, 1.54) is 0 Å². The van der Waals surface area contributed by atoms with Gasteiger partial charge in [0.15, 0.2) is 11.2 Å². The Bertz CT molecular complexity index is 426. The van der Waals surface area contributed by atoms with E-state index in [-0.39, 0.29) is 24.2 Å². The Balaban J connectivity index is 2.50. The van der Waals surface area contributed by atoms with Crippen LogP contribution in [0.5, 0.6) is 0 Å². The van der Waals surface area contributed by atoms with E-state index in [1.54, 1.807) is 6.92 Å². The van der Waals surface area contributed by atoms with E-state index >= 15 is 0 Å². The fourth-order valence-corrected chi connectivity index (χ4v) is 3.66. The second kappa shape index (κ2) is 5.27. The highest BCUT2D eigenvalue weighted by atomic mass is 16.5. The van der Waals surface area contributed by atoms with Crippen LogP contribution in [0.2, 0.25) is 0 Å². The van der Waals surface area contributed by atoms with Gasteiger partial charge in [-0.2, -0.15) is 0 Å². The minimum Gasteiger partial charge on any atom is -0.465 e. The van der Waals surface area contributed by atoms with Gasteiger partial charge >= 0.3 is 5.97 Å². The monoisotopic (exact) mass is 264 g/mol. The fourth-order valence-electron chi connectivity index (χ4n) is 3.66. The molecule has 0 radical (unpaired) electrons. The van der Waals surface area contributed by atoms with Crippen LogP contribution in [0.15, 0.2) is 12.2 Å². The van der Waals surface area contributed by atoms with E-state index in [9.17, 15) is 14.4 Å². The van der Waals surface area contributed by atoms with E-state index in [0.29, 0.717) is 37.7 Å². The third-order valence-corrected chi connectivity index (χ3v) is 4.54. The van der Waals surface area contributed by atoms with Crippen molar-refractivity contribution in [2.24, 2.45) is 17.3 Å². The van der Waals surface area contributed by atoms with Crippen molar-refractivity contribution in [1.29, 1.82) is 0 Å². The minimum absolute atomic E-state index is 0.109. The van der Waals surface area contributed by atoms with Gasteiger partial charge in [-0.1, -0.05) is 12.2 Å². The van der Waals surface area contributed by atoms with Crippen molar-refractivity contribution in [1.82, 2.24) is 0 Å².